The molecular weight excluding hydrogens is 350 g/mol. The van der Waals surface area contributed by atoms with Crippen molar-refractivity contribution >= 4 is 23.5 Å². The largest absolute Gasteiger partial charge is 0.504 e. The maximum Gasteiger partial charge on any atom is 0.235 e. The Bertz CT molecular complexity index is 956. The molecule has 2 aromatic carbocycles. The molecule has 1 amide bonds. The number of imidazole rings is 1. The van der Waals surface area contributed by atoms with Crippen LogP contribution in [0.5, 0.6) is 11.5 Å². The summed E-state index contributed by atoms with van der Waals surface area (Å²) in [7, 11) is 1.52. The number of nitrogens with one attached hydrogen (secondary N) is 1. The summed E-state index contributed by atoms with van der Waals surface area (Å²) in [6, 6.07) is 15.1. The second-order valence-electron chi connectivity index (χ2n) is 5.85. The van der Waals surface area contributed by atoms with Gasteiger partial charge in [-0.1, -0.05) is 24.3 Å². The number of ether oxygens (including phenoxy) is 1. The van der Waals surface area contributed by atoms with Gasteiger partial charge in [-0.25, -0.2) is 4.98 Å². The zero-order valence-electron chi connectivity index (χ0n) is 14.0. The normalized spacial score (nSPS) is 16.5. The Morgan fingerprint density at radius 1 is 1.27 bits per heavy atom. The first-order valence-corrected chi connectivity index (χ1v) is 9.13. The lowest BCUT2D eigenvalue weighted by Gasteiger charge is -2.19. The Labute approximate surface area is 154 Å². The monoisotopic (exact) mass is 367 g/mol. The molecule has 26 heavy (non-hydrogen) atoms. The average Bonchev–Trinajstić information content (AvgIpc) is 2.99. The third kappa shape index (κ3) is 2.90. The summed E-state index contributed by atoms with van der Waals surface area (Å²) in [5, 5.41) is 12.6. The molecule has 0 fully saturated rings. The van der Waals surface area contributed by atoms with Crippen LogP contribution in [0.15, 0.2) is 54.9 Å². The number of benzene rings is 2. The first-order chi connectivity index (χ1) is 12.7. The van der Waals surface area contributed by atoms with Gasteiger partial charge in [0.1, 0.15) is 6.33 Å². The Hall–Kier alpha value is -2.93. The van der Waals surface area contributed by atoms with Gasteiger partial charge in [0.15, 0.2) is 17.3 Å². The maximum atomic E-state index is 12.1. The number of aromatic hydroxyl groups is 1. The van der Waals surface area contributed by atoms with Crippen molar-refractivity contribution < 1.29 is 14.6 Å². The van der Waals surface area contributed by atoms with Gasteiger partial charge >= 0.3 is 0 Å². The molecule has 1 atom stereocenters. The van der Waals surface area contributed by atoms with Crippen molar-refractivity contribution in [2.24, 2.45) is 0 Å². The van der Waals surface area contributed by atoms with E-state index in [1.165, 1.54) is 18.9 Å². The van der Waals surface area contributed by atoms with Crippen molar-refractivity contribution in [1.82, 2.24) is 9.55 Å². The van der Waals surface area contributed by atoms with Crippen LogP contribution >= 0.6 is 11.8 Å². The molecule has 3 aromatic rings. The maximum absolute atomic E-state index is 12.1. The molecule has 1 unspecified atom stereocenters. The van der Waals surface area contributed by atoms with Crippen molar-refractivity contribution in [3.05, 3.63) is 66.1 Å². The minimum absolute atomic E-state index is 0.0807. The molecule has 132 valence electrons. The van der Waals surface area contributed by atoms with E-state index in [9.17, 15) is 9.90 Å². The standard InChI is InChI=1S/C19H17N3O3S/c1-25-15-9-12(7-8-14(15)23)18-17-19(21-16(24)10-26-18)20-11-22(17)13-5-3-2-4-6-13/h2-9,11,18,23H,10H2,1H3,(H,21,24). The van der Waals surface area contributed by atoms with Gasteiger partial charge in [0, 0.05) is 5.69 Å². The van der Waals surface area contributed by atoms with Crippen LogP contribution in [0.3, 0.4) is 0 Å². The van der Waals surface area contributed by atoms with Gasteiger partial charge in [-0.3, -0.25) is 9.36 Å². The van der Waals surface area contributed by atoms with E-state index in [4.69, 9.17) is 4.74 Å². The molecule has 0 aliphatic carbocycles. The number of para-hydroxylation sites is 1. The molecule has 0 bridgehead atoms. The summed E-state index contributed by atoms with van der Waals surface area (Å²) in [5.74, 6) is 1.28. The number of carbonyl (C=O) groups excluding carboxylic acids is 1. The van der Waals surface area contributed by atoms with Crippen LogP contribution in [-0.2, 0) is 4.79 Å². The number of fused-ring (bicyclic) bond motifs is 1. The van der Waals surface area contributed by atoms with E-state index in [2.05, 4.69) is 10.3 Å². The lowest BCUT2D eigenvalue weighted by atomic mass is 10.1. The van der Waals surface area contributed by atoms with E-state index in [-0.39, 0.29) is 16.9 Å². The Balaban J connectivity index is 1.87. The topological polar surface area (TPSA) is 76.4 Å². The van der Waals surface area contributed by atoms with Crippen LogP contribution in [-0.4, -0.2) is 33.4 Å². The van der Waals surface area contributed by atoms with Gasteiger partial charge < -0.3 is 15.2 Å². The number of methoxy groups -OCH3 is 1. The van der Waals surface area contributed by atoms with E-state index in [1.807, 2.05) is 41.0 Å². The zero-order chi connectivity index (χ0) is 18.1. The Morgan fingerprint density at radius 3 is 2.85 bits per heavy atom. The van der Waals surface area contributed by atoms with Crippen molar-refractivity contribution in [1.29, 1.82) is 0 Å². The van der Waals surface area contributed by atoms with Gasteiger partial charge in [-0.05, 0) is 29.8 Å². The summed E-state index contributed by atoms with van der Waals surface area (Å²) < 4.78 is 7.23. The number of hydrogen-bond acceptors (Lipinski definition) is 5. The highest BCUT2D eigenvalue weighted by molar-refractivity contribution is 8.00. The number of phenols is 1. The lowest BCUT2D eigenvalue weighted by Crippen LogP contribution is -2.12. The molecule has 6 nitrogen and oxygen atoms in total. The fourth-order valence-corrected chi connectivity index (χ4v) is 4.13. The minimum Gasteiger partial charge on any atom is -0.504 e. The molecule has 2 heterocycles. The van der Waals surface area contributed by atoms with Crippen molar-refractivity contribution in [3.63, 3.8) is 0 Å². The van der Waals surface area contributed by atoms with Gasteiger partial charge in [-0.15, -0.1) is 11.8 Å². The second kappa shape index (κ2) is 6.76. The summed E-state index contributed by atoms with van der Waals surface area (Å²) in [5.41, 5.74) is 2.79. The third-order valence-corrected chi connectivity index (χ3v) is 5.49. The number of rotatable bonds is 3. The number of hydrogen-bond donors (Lipinski definition) is 2. The first-order valence-electron chi connectivity index (χ1n) is 8.08. The number of anilines is 1. The number of amides is 1. The molecule has 1 aliphatic rings. The number of aromatic nitrogens is 2. The lowest BCUT2D eigenvalue weighted by molar-refractivity contribution is -0.113. The highest BCUT2D eigenvalue weighted by Gasteiger charge is 2.29. The zero-order valence-corrected chi connectivity index (χ0v) is 14.9. The summed E-state index contributed by atoms with van der Waals surface area (Å²) in [4.78, 5) is 16.5. The smallest absolute Gasteiger partial charge is 0.235 e. The van der Waals surface area contributed by atoms with Gasteiger partial charge in [0.25, 0.3) is 0 Å². The van der Waals surface area contributed by atoms with Crippen LogP contribution < -0.4 is 10.1 Å². The van der Waals surface area contributed by atoms with Crippen molar-refractivity contribution in [2.75, 3.05) is 18.2 Å². The fraction of sp³-hybridized carbons (Fsp3) is 0.158. The van der Waals surface area contributed by atoms with Gasteiger partial charge in [0.05, 0.1) is 23.8 Å². The fourth-order valence-electron chi connectivity index (χ4n) is 3.02. The third-order valence-electron chi connectivity index (χ3n) is 4.23. The molecule has 2 N–H and O–H groups in total. The molecule has 7 heteroatoms. The van der Waals surface area contributed by atoms with E-state index in [0.717, 1.165) is 16.9 Å². The average molecular weight is 367 g/mol. The molecule has 4 rings (SSSR count). The predicted molar refractivity (Wildman–Crippen MR) is 101 cm³/mol. The van der Waals surface area contributed by atoms with Crippen LogP contribution in [0.1, 0.15) is 16.5 Å². The van der Waals surface area contributed by atoms with Crippen LogP contribution in [0.25, 0.3) is 5.69 Å². The van der Waals surface area contributed by atoms with Crippen molar-refractivity contribution in [2.45, 2.75) is 5.25 Å². The number of phenolic OH excluding ortho intramolecular Hbond substituents is 1. The van der Waals surface area contributed by atoms with E-state index in [1.54, 1.807) is 18.5 Å². The molecule has 0 saturated heterocycles. The van der Waals surface area contributed by atoms with E-state index >= 15 is 0 Å². The molecular formula is C19H17N3O3S. The highest BCUT2D eigenvalue weighted by atomic mass is 32.2. The SMILES string of the molecule is COc1cc(C2SCC(=O)Nc3ncn(-c4ccccc4)c32)ccc1O. The van der Waals surface area contributed by atoms with Gasteiger partial charge in [-0.2, -0.15) is 0 Å². The summed E-state index contributed by atoms with van der Waals surface area (Å²) in [6.45, 7) is 0. The van der Waals surface area contributed by atoms with E-state index < -0.39 is 0 Å². The summed E-state index contributed by atoms with van der Waals surface area (Å²) >= 11 is 1.52. The molecule has 1 aliphatic heterocycles. The number of carbonyl (C=O) groups is 1. The first kappa shape index (κ1) is 16.5. The Kier molecular flexibility index (Phi) is 4.30. The minimum atomic E-state index is -0.138. The number of nitrogens with zero attached hydrogens (tertiary/aromatic N) is 2. The number of thioether (sulfide) groups is 1. The molecule has 1 aromatic heterocycles. The quantitative estimate of drug-likeness (QED) is 0.742. The second-order valence-corrected chi connectivity index (χ2v) is 6.95. The molecule has 0 saturated carbocycles. The van der Waals surface area contributed by atoms with Crippen LogP contribution in [0, 0.1) is 0 Å². The van der Waals surface area contributed by atoms with Crippen LogP contribution in [0.4, 0.5) is 5.82 Å². The Morgan fingerprint density at radius 2 is 2.08 bits per heavy atom. The molecule has 0 radical (unpaired) electrons. The van der Waals surface area contributed by atoms with Crippen LogP contribution in [0.2, 0.25) is 0 Å². The van der Waals surface area contributed by atoms with E-state index in [0.29, 0.717) is 17.3 Å². The van der Waals surface area contributed by atoms with Crippen molar-refractivity contribution in [3.8, 4) is 17.2 Å². The van der Waals surface area contributed by atoms with Gasteiger partial charge in [0.2, 0.25) is 5.91 Å². The molecule has 0 spiro atoms. The summed E-state index contributed by atoms with van der Waals surface area (Å²) in [6.07, 6.45) is 1.72. The predicted octanol–water partition coefficient (Wildman–Crippen LogP) is 3.36. The highest BCUT2D eigenvalue weighted by Crippen LogP contribution is 2.43.